The first-order chi connectivity index (χ1) is 19.9. The molecule has 1 saturated heterocycles. The molecule has 0 radical (unpaired) electrons. The number of piperazine rings is 1. The number of rotatable bonds is 12. The van der Waals surface area contributed by atoms with Crippen molar-refractivity contribution in [3.8, 4) is 0 Å². The van der Waals surface area contributed by atoms with Crippen molar-refractivity contribution >= 4 is 12.1 Å². The zero-order valence-corrected chi connectivity index (χ0v) is 26.3. The van der Waals surface area contributed by atoms with Gasteiger partial charge in [-0.05, 0) is 57.1 Å². The fourth-order valence-electron chi connectivity index (χ4n) is 3.84. The maximum atomic E-state index is 13.2. The molecule has 0 bridgehead atoms. The Hall–Kier alpha value is -3.96. The molecule has 5 heteroatoms. The van der Waals surface area contributed by atoms with Crippen molar-refractivity contribution in [3.63, 3.8) is 0 Å². The van der Waals surface area contributed by atoms with Crippen LogP contribution in [0.4, 0.5) is 0 Å². The number of nitrogens with zero attached hydrogens (tertiary/aromatic N) is 4. The lowest BCUT2D eigenvalue weighted by atomic mass is 10.2. The summed E-state index contributed by atoms with van der Waals surface area (Å²) < 4.78 is 0. The summed E-state index contributed by atoms with van der Waals surface area (Å²) >= 11 is 0. The molecule has 5 nitrogen and oxygen atoms in total. The molecule has 1 aromatic carbocycles. The first-order valence-corrected chi connectivity index (χ1v) is 14.4. The van der Waals surface area contributed by atoms with E-state index in [9.17, 15) is 4.79 Å². The summed E-state index contributed by atoms with van der Waals surface area (Å²) in [7, 11) is 0. The van der Waals surface area contributed by atoms with E-state index in [0.717, 1.165) is 49.7 Å². The van der Waals surface area contributed by atoms with Crippen molar-refractivity contribution in [3.05, 3.63) is 133 Å². The van der Waals surface area contributed by atoms with Crippen molar-refractivity contribution in [2.75, 3.05) is 32.7 Å². The normalized spacial score (nSPS) is 14.8. The Labute approximate surface area is 250 Å². The van der Waals surface area contributed by atoms with Crippen LogP contribution >= 0.6 is 0 Å². The second kappa shape index (κ2) is 23.9. The van der Waals surface area contributed by atoms with E-state index in [1.807, 2.05) is 93.9 Å². The molecule has 1 heterocycles. The molecule has 0 atom stereocenters. The average molecular weight is 557 g/mol. The van der Waals surface area contributed by atoms with Gasteiger partial charge in [0.25, 0.3) is 0 Å². The fraction of sp³-hybridized carbons (Fsp3) is 0.333. The van der Waals surface area contributed by atoms with Crippen molar-refractivity contribution < 1.29 is 4.79 Å². The van der Waals surface area contributed by atoms with Gasteiger partial charge in [0.1, 0.15) is 6.54 Å². The third kappa shape index (κ3) is 15.4. The van der Waals surface area contributed by atoms with E-state index in [1.165, 1.54) is 5.56 Å². The molecule has 0 aliphatic carbocycles. The molecule has 0 saturated carbocycles. The summed E-state index contributed by atoms with van der Waals surface area (Å²) in [5.41, 5.74) is 4.27. The van der Waals surface area contributed by atoms with Crippen LogP contribution in [-0.2, 0) is 11.3 Å². The Morgan fingerprint density at radius 2 is 1.61 bits per heavy atom. The monoisotopic (exact) mass is 556 g/mol. The highest BCUT2D eigenvalue weighted by Gasteiger charge is 2.24. The maximum absolute atomic E-state index is 13.2. The summed E-state index contributed by atoms with van der Waals surface area (Å²) in [6.45, 7) is 27.4. The Bertz CT molecular complexity index is 1080. The van der Waals surface area contributed by atoms with Crippen LogP contribution in [0.1, 0.15) is 47.1 Å². The third-order valence-electron chi connectivity index (χ3n) is 5.96. The standard InChI is InChI=1S/C27H35N3O.C7H11N.C2H6/c1-5-9-17-25(8-4)30(26(13-6-2)14-7-3)23-27(31)29-20-18-28(19-21-29)22-24-15-11-10-12-16-24;1-4-7(3)6-8-5-2;1-2/h5-17H,1-2,18-23H2,3-4H3;4-6H,1H2,2-3H3;1-2H3/b14-7-,17-9-,25-8+,26-13+;7-6-,8-5?;. The fourth-order valence-corrected chi connectivity index (χ4v) is 3.84. The number of aliphatic imine (C=N–C) groups is 1. The van der Waals surface area contributed by atoms with Gasteiger partial charge in [0.05, 0.1) is 0 Å². The molecule has 0 aromatic heterocycles. The molecular weight excluding hydrogens is 504 g/mol. The predicted molar refractivity (Wildman–Crippen MR) is 181 cm³/mol. The van der Waals surface area contributed by atoms with Crippen molar-refractivity contribution in [1.82, 2.24) is 14.7 Å². The zero-order valence-electron chi connectivity index (χ0n) is 26.3. The minimum atomic E-state index is 0.130. The molecule has 1 aliphatic heterocycles. The van der Waals surface area contributed by atoms with Gasteiger partial charge in [0.2, 0.25) is 5.91 Å². The molecule has 222 valence electrons. The van der Waals surface area contributed by atoms with Gasteiger partial charge in [0, 0.05) is 56.5 Å². The highest BCUT2D eigenvalue weighted by atomic mass is 16.2. The number of allylic oxidation sites excluding steroid dienone is 10. The van der Waals surface area contributed by atoms with Gasteiger partial charge in [-0.25, -0.2) is 0 Å². The van der Waals surface area contributed by atoms with Crippen LogP contribution in [0.5, 0.6) is 0 Å². The van der Waals surface area contributed by atoms with Crippen molar-refractivity contribution in [2.24, 2.45) is 4.99 Å². The van der Waals surface area contributed by atoms with Crippen LogP contribution in [0.2, 0.25) is 0 Å². The summed E-state index contributed by atoms with van der Waals surface area (Å²) in [5.74, 6) is 0.130. The average Bonchev–Trinajstić information content (AvgIpc) is 3.01. The van der Waals surface area contributed by atoms with Crippen LogP contribution in [0.3, 0.4) is 0 Å². The smallest absolute Gasteiger partial charge is 0.242 e. The SMILES string of the molecule is C=C/C(C)=C\N=CC.C=C/C=C\C(=C/C)N(CC(=O)N1CCN(Cc2ccccc2)CC1)C(/C=C\C)=C/C=C.CC. The number of carbonyl (C=O) groups is 1. The van der Waals surface area contributed by atoms with Crippen LogP contribution in [0.15, 0.2) is 133 Å². The van der Waals surface area contributed by atoms with E-state index in [-0.39, 0.29) is 12.5 Å². The minimum absolute atomic E-state index is 0.130. The molecule has 2 rings (SSSR count). The number of carbonyl (C=O) groups excluding carboxylic acids is 1. The lowest BCUT2D eigenvalue weighted by Crippen LogP contribution is -2.50. The van der Waals surface area contributed by atoms with Crippen molar-refractivity contribution in [2.45, 2.75) is 48.1 Å². The van der Waals surface area contributed by atoms with Gasteiger partial charge < -0.3 is 9.80 Å². The highest BCUT2D eigenvalue weighted by molar-refractivity contribution is 5.79. The minimum Gasteiger partial charge on any atom is -0.339 e. The van der Waals surface area contributed by atoms with Gasteiger partial charge in [-0.3, -0.25) is 14.7 Å². The van der Waals surface area contributed by atoms with E-state index < -0.39 is 0 Å². The molecule has 1 aliphatic rings. The number of amides is 1. The maximum Gasteiger partial charge on any atom is 0.242 e. The Morgan fingerprint density at radius 3 is 2.12 bits per heavy atom. The topological polar surface area (TPSA) is 39.2 Å². The lowest BCUT2D eigenvalue weighted by Gasteiger charge is -2.36. The highest BCUT2D eigenvalue weighted by Crippen LogP contribution is 2.18. The van der Waals surface area contributed by atoms with Gasteiger partial charge in [-0.2, -0.15) is 0 Å². The van der Waals surface area contributed by atoms with Crippen LogP contribution in [-0.4, -0.2) is 59.5 Å². The Morgan fingerprint density at radius 1 is 0.951 bits per heavy atom. The third-order valence-corrected chi connectivity index (χ3v) is 5.96. The quantitative estimate of drug-likeness (QED) is 0.193. The molecule has 1 aromatic rings. The van der Waals surface area contributed by atoms with Gasteiger partial charge >= 0.3 is 0 Å². The molecule has 41 heavy (non-hydrogen) atoms. The van der Waals surface area contributed by atoms with Crippen molar-refractivity contribution in [1.29, 1.82) is 0 Å². The zero-order chi connectivity index (χ0) is 30.9. The molecule has 1 amide bonds. The molecule has 0 N–H and O–H groups in total. The Balaban J connectivity index is 0.00000138. The van der Waals surface area contributed by atoms with E-state index in [4.69, 9.17) is 0 Å². The molecule has 0 unspecified atom stereocenters. The molecule has 1 fully saturated rings. The van der Waals surface area contributed by atoms with E-state index in [2.05, 4.69) is 53.9 Å². The lowest BCUT2D eigenvalue weighted by molar-refractivity contribution is -0.133. The second-order valence-corrected chi connectivity index (χ2v) is 8.85. The molecular formula is C36H52N4O. The van der Waals surface area contributed by atoms with Gasteiger partial charge in [-0.15, -0.1) is 0 Å². The van der Waals surface area contributed by atoms with E-state index >= 15 is 0 Å². The Kier molecular flexibility index (Phi) is 21.6. The predicted octanol–water partition coefficient (Wildman–Crippen LogP) is 8.12. The second-order valence-electron chi connectivity index (χ2n) is 8.85. The first kappa shape index (κ1) is 37.0. The van der Waals surface area contributed by atoms with Gasteiger partial charge in [0.15, 0.2) is 0 Å². The summed E-state index contributed by atoms with van der Waals surface area (Å²) in [6.07, 6.45) is 20.5. The summed E-state index contributed by atoms with van der Waals surface area (Å²) in [6, 6.07) is 10.5. The van der Waals surface area contributed by atoms with Gasteiger partial charge in [-0.1, -0.05) is 100 Å². The van der Waals surface area contributed by atoms with E-state index in [1.54, 1.807) is 30.6 Å². The first-order valence-electron chi connectivity index (χ1n) is 14.4. The molecule has 0 spiro atoms. The van der Waals surface area contributed by atoms with Crippen LogP contribution < -0.4 is 0 Å². The van der Waals surface area contributed by atoms with Crippen LogP contribution in [0.25, 0.3) is 0 Å². The summed E-state index contributed by atoms with van der Waals surface area (Å²) in [4.78, 5) is 23.5. The summed E-state index contributed by atoms with van der Waals surface area (Å²) in [5, 5.41) is 0. The van der Waals surface area contributed by atoms with Crippen LogP contribution in [0, 0.1) is 0 Å². The number of hydrogen-bond acceptors (Lipinski definition) is 4. The van der Waals surface area contributed by atoms with E-state index in [0.29, 0.717) is 0 Å². The largest absolute Gasteiger partial charge is 0.339 e. The number of hydrogen-bond donors (Lipinski definition) is 0. The number of benzene rings is 1.